The van der Waals surface area contributed by atoms with Crippen molar-refractivity contribution < 1.29 is 14.6 Å². The Balaban J connectivity index is 1.62. The van der Waals surface area contributed by atoms with Gasteiger partial charge in [-0.3, -0.25) is 0 Å². The summed E-state index contributed by atoms with van der Waals surface area (Å²) in [6.07, 6.45) is 4.59. The molecule has 0 fully saturated rings. The number of hydrogen-bond donors (Lipinski definition) is 1. The Morgan fingerprint density at radius 1 is 1.09 bits per heavy atom. The molecule has 0 radical (unpaired) electrons. The van der Waals surface area contributed by atoms with Gasteiger partial charge in [0.15, 0.2) is 0 Å². The van der Waals surface area contributed by atoms with Gasteiger partial charge in [-0.05, 0) is 58.0 Å². The summed E-state index contributed by atoms with van der Waals surface area (Å²) >= 11 is 8.21. The van der Waals surface area contributed by atoms with E-state index in [1.54, 1.807) is 12.5 Å². The van der Waals surface area contributed by atoms with E-state index in [1.165, 1.54) is 11.1 Å². The molecule has 0 aliphatic carbocycles. The summed E-state index contributed by atoms with van der Waals surface area (Å²) in [5, 5.41) is 10.2. The quantitative estimate of drug-likeness (QED) is 0.247. The lowest BCUT2D eigenvalue weighted by Crippen LogP contribution is -2.23. The van der Waals surface area contributed by atoms with Crippen molar-refractivity contribution in [1.29, 1.82) is 0 Å². The van der Waals surface area contributed by atoms with Crippen LogP contribution in [-0.4, -0.2) is 39.9 Å². The molecule has 2 atom stereocenters. The zero-order valence-corrected chi connectivity index (χ0v) is 21.6. The third kappa shape index (κ3) is 6.62. The molecule has 0 bridgehead atoms. The summed E-state index contributed by atoms with van der Waals surface area (Å²) < 4.78 is 14.6. The molecule has 3 rings (SSSR count). The van der Waals surface area contributed by atoms with Gasteiger partial charge in [0.2, 0.25) is 0 Å². The van der Waals surface area contributed by atoms with Crippen LogP contribution in [0.15, 0.2) is 61.2 Å². The minimum absolute atomic E-state index is 0.179. The number of hydrogen-bond acceptors (Lipinski definition) is 4. The SMILES string of the molecule is CC(CCl)COc1ccc(C(C)(C)c2ccc(OCC(O)Cn3ccnc3)cc2)cc1[123I]. The fourth-order valence-electron chi connectivity index (χ4n) is 3.30. The van der Waals surface area contributed by atoms with Crippen LogP contribution in [0.5, 0.6) is 11.5 Å². The first kappa shape index (κ1) is 24.9. The van der Waals surface area contributed by atoms with Crippen molar-refractivity contribution in [3.63, 3.8) is 0 Å². The summed E-state index contributed by atoms with van der Waals surface area (Å²) in [7, 11) is 0. The van der Waals surface area contributed by atoms with Crippen molar-refractivity contribution in [2.75, 3.05) is 19.1 Å². The van der Waals surface area contributed by atoms with Crippen molar-refractivity contribution >= 4 is 34.2 Å². The van der Waals surface area contributed by atoms with Crippen molar-refractivity contribution in [3.05, 3.63) is 75.9 Å². The summed E-state index contributed by atoms with van der Waals surface area (Å²) in [6.45, 7) is 7.78. The van der Waals surface area contributed by atoms with Gasteiger partial charge in [0, 0.05) is 29.6 Å². The maximum Gasteiger partial charge on any atom is 0.132 e. The predicted molar refractivity (Wildman–Crippen MR) is 137 cm³/mol. The van der Waals surface area contributed by atoms with Crippen molar-refractivity contribution in [1.82, 2.24) is 9.55 Å². The molecule has 7 heteroatoms. The second-order valence-corrected chi connectivity index (χ2v) is 10.1. The molecule has 1 heterocycles. The molecular formula is C25H30ClIN2O3. The second-order valence-electron chi connectivity index (χ2n) is 8.59. The lowest BCUT2D eigenvalue weighted by atomic mass is 9.78. The molecular weight excluding hydrogens is 535 g/mol. The zero-order chi connectivity index (χ0) is 23.1. The number of alkyl halides is 1. The van der Waals surface area contributed by atoms with E-state index in [-0.39, 0.29) is 12.0 Å². The Morgan fingerprint density at radius 2 is 1.81 bits per heavy atom. The first-order valence-corrected chi connectivity index (χ1v) is 12.3. The van der Waals surface area contributed by atoms with Gasteiger partial charge in [-0.1, -0.05) is 39.0 Å². The van der Waals surface area contributed by atoms with Crippen LogP contribution in [0.25, 0.3) is 0 Å². The molecule has 32 heavy (non-hydrogen) atoms. The average molecular weight is 565 g/mol. The molecule has 1 aromatic heterocycles. The number of nitrogens with zero attached hydrogens (tertiary/aromatic N) is 2. The maximum absolute atomic E-state index is 10.2. The van der Waals surface area contributed by atoms with Gasteiger partial charge in [-0.15, -0.1) is 11.6 Å². The van der Waals surface area contributed by atoms with Gasteiger partial charge in [0.05, 0.1) is 23.0 Å². The fraction of sp³-hybridized carbons (Fsp3) is 0.400. The average Bonchev–Trinajstić information content (AvgIpc) is 3.29. The van der Waals surface area contributed by atoms with Gasteiger partial charge in [-0.25, -0.2) is 4.98 Å². The molecule has 0 amide bonds. The number of aliphatic hydroxyl groups excluding tert-OH is 1. The maximum atomic E-state index is 10.2. The molecule has 0 saturated carbocycles. The van der Waals surface area contributed by atoms with Crippen molar-refractivity contribution in [3.8, 4) is 11.5 Å². The standard InChI is InChI=1S/C25H30ClIN2O3/c1-18(13-26)15-32-24-9-6-20(12-23(24)27)25(2,3)19-4-7-22(8-5-19)31-16-21(30)14-29-11-10-28-17-29/h4-12,17-18,21,30H,13-16H2,1-3H3/i27-4. The van der Waals surface area contributed by atoms with E-state index >= 15 is 0 Å². The fourth-order valence-corrected chi connectivity index (χ4v) is 4.06. The zero-order valence-electron chi connectivity index (χ0n) is 18.7. The Morgan fingerprint density at radius 3 is 2.44 bits per heavy atom. The molecule has 5 nitrogen and oxygen atoms in total. The number of rotatable bonds is 11. The lowest BCUT2D eigenvalue weighted by molar-refractivity contribution is 0.0924. The van der Waals surface area contributed by atoms with E-state index in [0.29, 0.717) is 24.9 Å². The molecule has 3 aromatic rings. The molecule has 2 aromatic carbocycles. The van der Waals surface area contributed by atoms with Crippen LogP contribution in [0, 0.1) is 9.49 Å². The Hall–Kier alpha value is -1.77. The minimum Gasteiger partial charge on any atom is -0.492 e. The van der Waals surface area contributed by atoms with E-state index in [2.05, 4.69) is 72.6 Å². The molecule has 172 valence electrons. The van der Waals surface area contributed by atoms with Crippen LogP contribution < -0.4 is 9.47 Å². The predicted octanol–water partition coefficient (Wildman–Crippen LogP) is 5.51. The van der Waals surface area contributed by atoms with Crippen LogP contribution in [0.1, 0.15) is 31.9 Å². The number of halogens is 2. The first-order valence-electron chi connectivity index (χ1n) is 10.7. The van der Waals surface area contributed by atoms with Crippen LogP contribution in [0.4, 0.5) is 0 Å². The molecule has 0 aliphatic heterocycles. The summed E-state index contributed by atoms with van der Waals surface area (Å²) in [6, 6.07) is 14.4. The highest BCUT2D eigenvalue weighted by Crippen LogP contribution is 2.35. The number of aliphatic hydroxyl groups is 1. The largest absolute Gasteiger partial charge is 0.492 e. The van der Waals surface area contributed by atoms with Crippen molar-refractivity contribution in [2.24, 2.45) is 5.92 Å². The molecule has 0 saturated heterocycles. The third-order valence-electron chi connectivity index (χ3n) is 5.44. The minimum atomic E-state index is -0.601. The summed E-state index contributed by atoms with van der Waals surface area (Å²) in [5.74, 6) is 2.53. The summed E-state index contributed by atoms with van der Waals surface area (Å²) in [5.41, 5.74) is 2.22. The number of imidazole rings is 1. The highest BCUT2D eigenvalue weighted by molar-refractivity contribution is 14.1. The highest BCUT2D eigenvalue weighted by atomic mass is 123. The van der Waals surface area contributed by atoms with Gasteiger partial charge in [-0.2, -0.15) is 0 Å². The number of ether oxygens (including phenoxy) is 2. The highest BCUT2D eigenvalue weighted by Gasteiger charge is 2.24. The van der Waals surface area contributed by atoms with Crippen LogP contribution in [-0.2, 0) is 12.0 Å². The van der Waals surface area contributed by atoms with E-state index < -0.39 is 6.10 Å². The third-order valence-corrected chi connectivity index (χ3v) is 6.81. The second kappa shape index (κ2) is 11.4. The van der Waals surface area contributed by atoms with Crippen LogP contribution in [0.3, 0.4) is 0 Å². The molecule has 1 N–H and O–H groups in total. The summed E-state index contributed by atoms with van der Waals surface area (Å²) in [4.78, 5) is 3.98. The van der Waals surface area contributed by atoms with Crippen molar-refractivity contribution in [2.45, 2.75) is 38.8 Å². The first-order chi connectivity index (χ1) is 15.3. The van der Waals surface area contributed by atoms with Gasteiger partial charge >= 0.3 is 0 Å². The Labute approximate surface area is 208 Å². The van der Waals surface area contributed by atoms with Gasteiger partial charge in [0.25, 0.3) is 0 Å². The van der Waals surface area contributed by atoms with E-state index in [4.69, 9.17) is 21.1 Å². The van der Waals surface area contributed by atoms with E-state index in [0.717, 1.165) is 15.1 Å². The molecule has 0 aliphatic rings. The normalized spacial score (nSPS) is 13.6. The lowest BCUT2D eigenvalue weighted by Gasteiger charge is -2.27. The Bertz CT molecular complexity index is 977. The smallest absolute Gasteiger partial charge is 0.132 e. The number of aromatic nitrogens is 2. The number of benzene rings is 2. The van der Waals surface area contributed by atoms with Gasteiger partial charge < -0.3 is 19.1 Å². The molecule has 2 unspecified atom stereocenters. The van der Waals surface area contributed by atoms with E-state index in [9.17, 15) is 5.11 Å². The molecule has 0 spiro atoms. The van der Waals surface area contributed by atoms with Gasteiger partial charge in [0.1, 0.15) is 24.2 Å². The monoisotopic (exact) mass is 564 g/mol. The van der Waals surface area contributed by atoms with Crippen LogP contribution >= 0.6 is 34.2 Å². The van der Waals surface area contributed by atoms with E-state index in [1.807, 2.05) is 29.0 Å². The topological polar surface area (TPSA) is 56.5 Å². The van der Waals surface area contributed by atoms with Crippen LogP contribution in [0.2, 0.25) is 0 Å². The Kier molecular flexibility index (Phi) is 8.85.